The summed E-state index contributed by atoms with van der Waals surface area (Å²) in [7, 11) is 0. The lowest BCUT2D eigenvalue weighted by atomic mass is 10.1. The highest BCUT2D eigenvalue weighted by molar-refractivity contribution is 9.10. The number of carbonyl (C=O) groups is 1. The average Bonchev–Trinajstić information content (AvgIpc) is 3.06. The zero-order chi connectivity index (χ0) is 17.8. The monoisotopic (exact) mass is 404 g/mol. The van der Waals surface area contributed by atoms with Crippen molar-refractivity contribution < 1.29 is 14.3 Å². The second-order valence-corrected chi connectivity index (χ2v) is 6.54. The Morgan fingerprint density at radius 1 is 1.28 bits per heavy atom. The maximum atomic E-state index is 12.4. The minimum Gasteiger partial charge on any atom is -0.490 e. The summed E-state index contributed by atoms with van der Waals surface area (Å²) in [6.45, 7) is 4.35. The van der Waals surface area contributed by atoms with Gasteiger partial charge in [-0.15, -0.1) is 0 Å². The Morgan fingerprint density at radius 3 is 2.88 bits per heavy atom. The van der Waals surface area contributed by atoms with E-state index in [2.05, 4.69) is 31.0 Å². The van der Waals surface area contributed by atoms with Crippen molar-refractivity contribution in [2.24, 2.45) is 0 Å². The van der Waals surface area contributed by atoms with Crippen LogP contribution in [0.15, 0.2) is 41.3 Å². The van der Waals surface area contributed by atoms with Crippen LogP contribution in [0.2, 0.25) is 0 Å². The third kappa shape index (κ3) is 3.96. The molecule has 0 fully saturated rings. The molecule has 130 valence electrons. The molecule has 2 heterocycles. The van der Waals surface area contributed by atoms with Crippen LogP contribution in [0.4, 0.5) is 0 Å². The van der Waals surface area contributed by atoms with Crippen molar-refractivity contribution in [2.75, 3.05) is 13.2 Å². The first-order chi connectivity index (χ1) is 12.1. The van der Waals surface area contributed by atoms with Gasteiger partial charge in [-0.05, 0) is 24.1 Å². The van der Waals surface area contributed by atoms with Crippen LogP contribution in [-0.2, 0) is 4.74 Å². The number of carbonyl (C=O) groups excluding carboxylic acids is 1. The summed E-state index contributed by atoms with van der Waals surface area (Å²) in [6, 6.07) is 7.47. The molecule has 0 saturated heterocycles. The van der Waals surface area contributed by atoms with E-state index >= 15 is 0 Å². The molecule has 0 N–H and O–H groups in total. The molecule has 25 heavy (non-hydrogen) atoms. The van der Waals surface area contributed by atoms with Gasteiger partial charge >= 0.3 is 5.97 Å². The molecule has 0 aliphatic rings. The lowest BCUT2D eigenvalue weighted by Gasteiger charge is -2.13. The number of hydrogen-bond donors (Lipinski definition) is 0. The maximum absolute atomic E-state index is 12.4. The lowest BCUT2D eigenvalue weighted by molar-refractivity contribution is 0.0447. The number of nitrogens with zero attached hydrogens (tertiary/aromatic N) is 4. The fourth-order valence-corrected chi connectivity index (χ4v) is 2.82. The topological polar surface area (TPSA) is 78.6 Å². The summed E-state index contributed by atoms with van der Waals surface area (Å²) in [5.74, 6) is 0.774. The van der Waals surface area contributed by atoms with Crippen molar-refractivity contribution >= 4 is 27.7 Å². The summed E-state index contributed by atoms with van der Waals surface area (Å²) in [5, 5.41) is 4.13. The predicted molar refractivity (Wildman–Crippen MR) is 94.8 cm³/mol. The molecular formula is C17H17BrN4O3. The molecule has 0 atom stereocenters. The second-order valence-electron chi connectivity index (χ2n) is 5.63. The number of fused-ring (bicyclic) bond motifs is 1. The summed E-state index contributed by atoms with van der Waals surface area (Å²) in [4.78, 5) is 20.6. The molecule has 8 heteroatoms. The van der Waals surface area contributed by atoms with E-state index < -0.39 is 5.97 Å². The van der Waals surface area contributed by atoms with Gasteiger partial charge in [0.2, 0.25) is 0 Å². The molecule has 0 aliphatic carbocycles. The van der Waals surface area contributed by atoms with Gasteiger partial charge in [-0.25, -0.2) is 14.3 Å². The molecule has 0 saturated carbocycles. The Morgan fingerprint density at radius 2 is 2.12 bits per heavy atom. The van der Waals surface area contributed by atoms with Crippen LogP contribution in [0, 0.1) is 0 Å². The summed E-state index contributed by atoms with van der Waals surface area (Å²) in [5.41, 5.74) is 1.11. The predicted octanol–water partition coefficient (Wildman–Crippen LogP) is 3.25. The Bertz CT molecular complexity index is 894. The molecule has 0 bridgehead atoms. The summed E-state index contributed by atoms with van der Waals surface area (Å²) < 4.78 is 13.4. The van der Waals surface area contributed by atoms with Crippen LogP contribution in [0.1, 0.15) is 35.8 Å². The molecular weight excluding hydrogens is 388 g/mol. The SMILES string of the molecule is CC(C)c1c(C(=O)OCCOc2cccc(Br)c2)cnc2ncnn12. The fraction of sp³-hybridized carbons (Fsp3) is 0.294. The van der Waals surface area contributed by atoms with Gasteiger partial charge in [0.25, 0.3) is 5.78 Å². The van der Waals surface area contributed by atoms with Crippen LogP contribution in [-0.4, -0.2) is 38.8 Å². The van der Waals surface area contributed by atoms with E-state index in [1.807, 2.05) is 38.1 Å². The molecule has 0 amide bonds. The van der Waals surface area contributed by atoms with Crippen LogP contribution in [0.5, 0.6) is 5.75 Å². The van der Waals surface area contributed by atoms with Crippen molar-refractivity contribution in [3.05, 3.63) is 52.5 Å². The molecule has 1 aromatic carbocycles. The molecule has 0 unspecified atom stereocenters. The minimum atomic E-state index is -0.452. The van der Waals surface area contributed by atoms with E-state index in [0.717, 1.165) is 10.2 Å². The number of aromatic nitrogens is 4. The quantitative estimate of drug-likeness (QED) is 0.463. The van der Waals surface area contributed by atoms with Crippen LogP contribution >= 0.6 is 15.9 Å². The second kappa shape index (κ2) is 7.60. The van der Waals surface area contributed by atoms with E-state index in [1.54, 1.807) is 4.52 Å². The Hall–Kier alpha value is -2.48. The Labute approximate surface area is 153 Å². The summed E-state index contributed by atoms with van der Waals surface area (Å²) >= 11 is 3.38. The number of benzene rings is 1. The summed E-state index contributed by atoms with van der Waals surface area (Å²) in [6.07, 6.45) is 2.89. The van der Waals surface area contributed by atoms with Crippen molar-refractivity contribution in [1.82, 2.24) is 19.6 Å². The first-order valence-electron chi connectivity index (χ1n) is 7.80. The molecule has 0 aliphatic heterocycles. The van der Waals surface area contributed by atoms with Crippen molar-refractivity contribution in [3.8, 4) is 5.75 Å². The third-order valence-electron chi connectivity index (χ3n) is 3.49. The minimum absolute atomic E-state index is 0.0627. The van der Waals surface area contributed by atoms with Gasteiger partial charge in [-0.3, -0.25) is 0 Å². The van der Waals surface area contributed by atoms with Gasteiger partial charge in [0, 0.05) is 10.7 Å². The number of esters is 1. The number of hydrogen-bond acceptors (Lipinski definition) is 6. The number of ether oxygens (including phenoxy) is 2. The smallest absolute Gasteiger partial charge is 0.341 e. The molecule has 3 rings (SSSR count). The van der Waals surface area contributed by atoms with E-state index in [-0.39, 0.29) is 19.1 Å². The van der Waals surface area contributed by atoms with Crippen molar-refractivity contribution in [2.45, 2.75) is 19.8 Å². The maximum Gasteiger partial charge on any atom is 0.341 e. The zero-order valence-corrected chi connectivity index (χ0v) is 15.4. The van der Waals surface area contributed by atoms with Crippen LogP contribution < -0.4 is 4.74 Å². The van der Waals surface area contributed by atoms with Crippen LogP contribution in [0.3, 0.4) is 0 Å². The van der Waals surface area contributed by atoms with E-state index in [4.69, 9.17) is 9.47 Å². The normalized spacial score (nSPS) is 11.0. The van der Waals surface area contributed by atoms with E-state index in [1.165, 1.54) is 12.5 Å². The highest BCUT2D eigenvalue weighted by atomic mass is 79.9. The molecule has 2 aromatic heterocycles. The van der Waals surface area contributed by atoms with Gasteiger partial charge < -0.3 is 9.47 Å². The van der Waals surface area contributed by atoms with Gasteiger partial charge in [0.15, 0.2) is 0 Å². The Kier molecular flexibility index (Phi) is 5.28. The molecule has 7 nitrogen and oxygen atoms in total. The van der Waals surface area contributed by atoms with Gasteiger partial charge in [-0.1, -0.05) is 35.8 Å². The molecule has 3 aromatic rings. The number of halogens is 1. The molecule has 0 spiro atoms. The van der Waals surface area contributed by atoms with Gasteiger partial charge in [-0.2, -0.15) is 10.1 Å². The average molecular weight is 405 g/mol. The Balaban J connectivity index is 1.65. The first kappa shape index (κ1) is 17.3. The van der Waals surface area contributed by atoms with Crippen molar-refractivity contribution in [3.63, 3.8) is 0 Å². The third-order valence-corrected chi connectivity index (χ3v) is 3.98. The van der Waals surface area contributed by atoms with E-state index in [0.29, 0.717) is 17.1 Å². The standard InChI is InChI=1S/C17H17BrN4O3/c1-11(2)15-14(9-19-17-20-10-21-22(15)17)16(23)25-7-6-24-13-5-3-4-12(18)8-13/h3-5,8-11H,6-7H2,1-2H3. The molecule has 0 radical (unpaired) electrons. The highest BCUT2D eigenvalue weighted by Crippen LogP contribution is 2.20. The first-order valence-corrected chi connectivity index (χ1v) is 8.59. The van der Waals surface area contributed by atoms with Gasteiger partial charge in [0.05, 0.1) is 11.3 Å². The zero-order valence-electron chi connectivity index (χ0n) is 13.8. The largest absolute Gasteiger partial charge is 0.490 e. The lowest BCUT2D eigenvalue weighted by Crippen LogP contribution is -2.17. The van der Waals surface area contributed by atoms with Crippen LogP contribution in [0.25, 0.3) is 5.78 Å². The fourth-order valence-electron chi connectivity index (χ4n) is 2.44. The number of rotatable bonds is 6. The van der Waals surface area contributed by atoms with E-state index in [9.17, 15) is 4.79 Å². The highest BCUT2D eigenvalue weighted by Gasteiger charge is 2.20. The van der Waals surface area contributed by atoms with Crippen molar-refractivity contribution in [1.29, 1.82) is 0 Å². The van der Waals surface area contributed by atoms with Gasteiger partial charge in [0.1, 0.15) is 25.3 Å².